The summed E-state index contributed by atoms with van der Waals surface area (Å²) in [5.74, 6) is -1.13. The molecular weight excluding hydrogens is 418 g/mol. The van der Waals surface area contributed by atoms with Crippen molar-refractivity contribution in [3.8, 4) is 34.0 Å². The van der Waals surface area contributed by atoms with E-state index < -0.39 is 12.1 Å². The van der Waals surface area contributed by atoms with E-state index in [0.717, 1.165) is 0 Å². The van der Waals surface area contributed by atoms with Gasteiger partial charge in [0.2, 0.25) is 5.82 Å². The van der Waals surface area contributed by atoms with Crippen molar-refractivity contribution >= 4 is 23.2 Å². The van der Waals surface area contributed by atoms with Crippen molar-refractivity contribution in [3.05, 3.63) is 64.5 Å². The zero-order chi connectivity index (χ0) is 19.9. The monoisotopic (exact) mass is 425 g/mol. The predicted molar refractivity (Wildman–Crippen MR) is 95.7 cm³/mol. The fourth-order valence-electron chi connectivity index (χ4n) is 2.51. The van der Waals surface area contributed by atoms with Gasteiger partial charge in [0.1, 0.15) is 5.69 Å². The van der Waals surface area contributed by atoms with Gasteiger partial charge in [-0.05, 0) is 12.1 Å². The van der Waals surface area contributed by atoms with Crippen LogP contribution in [0.3, 0.4) is 0 Å². The molecule has 4 aromatic rings. The van der Waals surface area contributed by atoms with Crippen LogP contribution in [-0.4, -0.2) is 15.3 Å². The molecule has 0 bridgehead atoms. The Bertz CT molecular complexity index is 1120. The Hall–Kier alpha value is -2.84. The molecule has 0 saturated carbocycles. The number of hydrogen-bond acceptors (Lipinski definition) is 5. The number of rotatable bonds is 3. The fraction of sp³-hybridized carbons (Fsp3) is 0.0556. The highest BCUT2D eigenvalue weighted by molar-refractivity contribution is 6.39. The summed E-state index contributed by atoms with van der Waals surface area (Å²) in [6, 6.07) is 13.1. The second-order valence-corrected chi connectivity index (χ2v) is 6.49. The Morgan fingerprint density at radius 2 is 1.46 bits per heavy atom. The molecule has 0 saturated heterocycles. The molecule has 2 heterocycles. The van der Waals surface area contributed by atoms with Crippen LogP contribution in [0.5, 0.6) is 0 Å². The minimum Gasteiger partial charge on any atom is -0.356 e. The summed E-state index contributed by atoms with van der Waals surface area (Å²) < 4.78 is 47.3. The van der Waals surface area contributed by atoms with Gasteiger partial charge in [-0.15, -0.1) is 0 Å². The third-order valence-electron chi connectivity index (χ3n) is 3.83. The minimum absolute atomic E-state index is 0.167. The van der Waals surface area contributed by atoms with E-state index >= 15 is 0 Å². The highest BCUT2D eigenvalue weighted by Gasteiger charge is 2.38. The highest BCUT2D eigenvalue weighted by Crippen LogP contribution is 2.36. The molecule has 0 unspecified atom stereocenters. The van der Waals surface area contributed by atoms with Gasteiger partial charge in [0.25, 0.3) is 0 Å². The Morgan fingerprint density at radius 1 is 0.821 bits per heavy atom. The summed E-state index contributed by atoms with van der Waals surface area (Å²) in [5.41, 5.74) is 2.01. The number of alkyl halides is 3. The SMILES string of the molecule is FC(F)(F)c1nc(-c2ccc(-c3cc(-c4c(Cl)cccc4Cl)no3)cc2)no1. The van der Waals surface area contributed by atoms with Crippen LogP contribution in [0.1, 0.15) is 5.89 Å². The second kappa shape index (κ2) is 6.96. The lowest BCUT2D eigenvalue weighted by Gasteiger charge is -2.01. The first kappa shape index (κ1) is 18.5. The lowest BCUT2D eigenvalue weighted by molar-refractivity contribution is -0.159. The number of hydrogen-bond donors (Lipinski definition) is 0. The van der Waals surface area contributed by atoms with E-state index in [1.54, 1.807) is 48.5 Å². The van der Waals surface area contributed by atoms with Crippen molar-refractivity contribution in [2.24, 2.45) is 0 Å². The molecule has 28 heavy (non-hydrogen) atoms. The van der Waals surface area contributed by atoms with Crippen molar-refractivity contribution in [3.63, 3.8) is 0 Å². The summed E-state index contributed by atoms with van der Waals surface area (Å²) in [6.45, 7) is 0. The topological polar surface area (TPSA) is 65.0 Å². The molecule has 2 aromatic carbocycles. The molecule has 0 aliphatic carbocycles. The highest BCUT2D eigenvalue weighted by atomic mass is 35.5. The van der Waals surface area contributed by atoms with Crippen LogP contribution in [0, 0.1) is 0 Å². The molecule has 0 radical (unpaired) electrons. The predicted octanol–water partition coefficient (Wildman–Crippen LogP) is 6.38. The first-order valence-corrected chi connectivity index (χ1v) is 8.51. The molecule has 0 fully saturated rings. The van der Waals surface area contributed by atoms with E-state index in [1.165, 1.54) is 0 Å². The molecule has 0 spiro atoms. The van der Waals surface area contributed by atoms with Crippen LogP contribution in [0.15, 0.2) is 57.6 Å². The molecule has 0 aliphatic rings. The van der Waals surface area contributed by atoms with Gasteiger partial charge in [-0.1, -0.05) is 63.8 Å². The van der Waals surface area contributed by atoms with E-state index in [-0.39, 0.29) is 5.82 Å². The van der Waals surface area contributed by atoms with E-state index in [4.69, 9.17) is 27.7 Å². The smallest absolute Gasteiger partial charge is 0.356 e. The third kappa shape index (κ3) is 3.48. The van der Waals surface area contributed by atoms with Gasteiger partial charge in [0.05, 0.1) is 10.0 Å². The first-order valence-electron chi connectivity index (χ1n) is 7.76. The quantitative estimate of drug-likeness (QED) is 0.380. The maximum absolute atomic E-state index is 12.6. The van der Waals surface area contributed by atoms with Gasteiger partial charge in [-0.2, -0.15) is 18.2 Å². The van der Waals surface area contributed by atoms with Gasteiger partial charge in [0.15, 0.2) is 5.76 Å². The largest absolute Gasteiger partial charge is 0.471 e. The van der Waals surface area contributed by atoms with Crippen molar-refractivity contribution in [2.45, 2.75) is 6.18 Å². The molecule has 0 amide bonds. The maximum atomic E-state index is 12.6. The van der Waals surface area contributed by atoms with Crippen LogP contribution in [-0.2, 0) is 6.18 Å². The molecule has 0 aliphatic heterocycles. The lowest BCUT2D eigenvalue weighted by Crippen LogP contribution is -2.04. The lowest BCUT2D eigenvalue weighted by atomic mass is 10.1. The van der Waals surface area contributed by atoms with Gasteiger partial charge in [0, 0.05) is 22.8 Å². The molecule has 5 nitrogen and oxygen atoms in total. The normalized spacial score (nSPS) is 11.8. The van der Waals surface area contributed by atoms with Crippen LogP contribution >= 0.6 is 23.2 Å². The first-order chi connectivity index (χ1) is 13.3. The molecule has 4 rings (SSSR count). The molecule has 0 atom stereocenters. The number of nitrogens with zero attached hydrogens (tertiary/aromatic N) is 3. The summed E-state index contributed by atoms with van der Waals surface area (Å²) in [6.07, 6.45) is -4.69. The van der Waals surface area contributed by atoms with Crippen molar-refractivity contribution in [2.75, 3.05) is 0 Å². The Balaban J connectivity index is 1.62. The van der Waals surface area contributed by atoms with Gasteiger partial charge < -0.3 is 9.05 Å². The Labute approximate surface area is 165 Å². The Morgan fingerprint density at radius 3 is 2.07 bits per heavy atom. The third-order valence-corrected chi connectivity index (χ3v) is 4.46. The van der Waals surface area contributed by atoms with Crippen molar-refractivity contribution in [1.29, 1.82) is 0 Å². The molecular formula is C18H8Cl2F3N3O2. The van der Waals surface area contributed by atoms with E-state index in [2.05, 4.69) is 19.8 Å². The average Bonchev–Trinajstić information content (AvgIpc) is 3.32. The molecule has 2 aromatic heterocycles. The van der Waals surface area contributed by atoms with Gasteiger partial charge in [-0.3, -0.25) is 0 Å². The second-order valence-electron chi connectivity index (χ2n) is 5.67. The van der Waals surface area contributed by atoms with Crippen LogP contribution in [0.2, 0.25) is 10.0 Å². The maximum Gasteiger partial charge on any atom is 0.471 e. The summed E-state index contributed by atoms with van der Waals surface area (Å²) >= 11 is 12.3. The van der Waals surface area contributed by atoms with Gasteiger partial charge >= 0.3 is 12.1 Å². The Kier molecular flexibility index (Phi) is 4.60. The summed E-state index contributed by atoms with van der Waals surface area (Å²) in [4.78, 5) is 3.35. The zero-order valence-electron chi connectivity index (χ0n) is 13.7. The van der Waals surface area contributed by atoms with Crippen LogP contribution < -0.4 is 0 Å². The standard InChI is InChI=1S/C18H8Cl2F3N3O2/c19-11-2-1-3-12(20)15(11)13-8-14(27-25-13)9-4-6-10(7-5-9)16-24-17(28-26-16)18(21,22)23/h1-8H. The molecule has 142 valence electrons. The van der Waals surface area contributed by atoms with E-state index in [9.17, 15) is 13.2 Å². The van der Waals surface area contributed by atoms with Crippen molar-refractivity contribution < 1.29 is 22.2 Å². The van der Waals surface area contributed by atoms with Crippen molar-refractivity contribution in [1.82, 2.24) is 15.3 Å². The van der Waals surface area contributed by atoms with Crippen LogP contribution in [0.25, 0.3) is 34.0 Å². The minimum atomic E-state index is -4.69. The number of halogens is 5. The zero-order valence-corrected chi connectivity index (χ0v) is 15.2. The summed E-state index contributed by atoms with van der Waals surface area (Å²) in [5, 5.41) is 8.20. The number of benzene rings is 2. The summed E-state index contributed by atoms with van der Waals surface area (Å²) in [7, 11) is 0. The average molecular weight is 426 g/mol. The number of aromatic nitrogens is 3. The molecule has 10 heteroatoms. The van der Waals surface area contributed by atoms with E-state index in [0.29, 0.717) is 38.2 Å². The van der Waals surface area contributed by atoms with Gasteiger partial charge in [-0.25, -0.2) is 0 Å². The molecule has 0 N–H and O–H groups in total. The fourth-order valence-corrected chi connectivity index (χ4v) is 3.10. The van der Waals surface area contributed by atoms with E-state index in [1.807, 2.05) is 0 Å². The van der Waals surface area contributed by atoms with Crippen LogP contribution in [0.4, 0.5) is 13.2 Å².